The molecule has 0 radical (unpaired) electrons. The van der Waals surface area contributed by atoms with Crippen LogP contribution in [0, 0.1) is 16.7 Å². The third kappa shape index (κ3) is 1.85. The van der Waals surface area contributed by atoms with Crippen molar-refractivity contribution in [2.45, 2.75) is 77.6 Å². The molecule has 0 heteroatoms. The fourth-order valence-corrected chi connectivity index (χ4v) is 5.05. The number of rotatable bonds is 2. The Morgan fingerprint density at radius 2 is 1.60 bits per heavy atom. The molecule has 3 aliphatic rings. The molecule has 2 bridgehead atoms. The van der Waals surface area contributed by atoms with E-state index in [2.05, 4.69) is 6.92 Å². The first-order chi connectivity index (χ1) is 7.20. The molecule has 3 saturated carbocycles. The van der Waals surface area contributed by atoms with Crippen molar-refractivity contribution in [2.75, 3.05) is 0 Å². The first kappa shape index (κ1) is 10.2. The van der Waals surface area contributed by atoms with Gasteiger partial charge in [0.25, 0.3) is 0 Å². The average Bonchev–Trinajstić information content (AvgIpc) is 2.77. The van der Waals surface area contributed by atoms with Crippen LogP contribution in [0.5, 0.6) is 0 Å². The predicted molar refractivity (Wildman–Crippen MR) is 64.8 cm³/mol. The summed E-state index contributed by atoms with van der Waals surface area (Å²) >= 11 is 0. The Hall–Kier alpha value is 0. The van der Waals surface area contributed by atoms with Crippen molar-refractivity contribution in [3.05, 3.63) is 0 Å². The first-order valence-corrected chi connectivity index (χ1v) is 7.20. The van der Waals surface area contributed by atoms with Crippen LogP contribution in [0.3, 0.4) is 0 Å². The smallest absolute Gasteiger partial charge is 0.0289 e. The second-order valence-corrected chi connectivity index (χ2v) is 7.20. The van der Waals surface area contributed by atoms with Gasteiger partial charge in [0.15, 0.2) is 0 Å². The molecule has 86 valence electrons. The standard InChI is InChI=1S/C15H26/c1-14(7-3-2-4-8-14)12-15-9-5-13(11-15)6-10-15/h13H,2-12H2,1H3. The van der Waals surface area contributed by atoms with Crippen LogP contribution in [0.25, 0.3) is 0 Å². The summed E-state index contributed by atoms with van der Waals surface area (Å²) in [5.41, 5.74) is 1.56. The molecule has 0 saturated heterocycles. The van der Waals surface area contributed by atoms with Gasteiger partial charge >= 0.3 is 0 Å². The molecule has 0 N–H and O–H groups in total. The minimum atomic E-state index is 0.734. The number of fused-ring (bicyclic) bond motifs is 2. The average molecular weight is 206 g/mol. The zero-order valence-electron chi connectivity index (χ0n) is 10.4. The number of hydrogen-bond donors (Lipinski definition) is 0. The van der Waals surface area contributed by atoms with E-state index in [4.69, 9.17) is 0 Å². The van der Waals surface area contributed by atoms with Crippen molar-refractivity contribution < 1.29 is 0 Å². The van der Waals surface area contributed by atoms with Crippen LogP contribution >= 0.6 is 0 Å². The van der Waals surface area contributed by atoms with E-state index in [1.165, 1.54) is 32.1 Å². The summed E-state index contributed by atoms with van der Waals surface area (Å²) in [4.78, 5) is 0. The fourth-order valence-electron chi connectivity index (χ4n) is 5.05. The van der Waals surface area contributed by atoms with Crippen LogP contribution in [0.1, 0.15) is 77.6 Å². The van der Waals surface area contributed by atoms with Gasteiger partial charge in [-0.2, -0.15) is 0 Å². The molecule has 0 aromatic carbocycles. The van der Waals surface area contributed by atoms with Crippen molar-refractivity contribution >= 4 is 0 Å². The van der Waals surface area contributed by atoms with Gasteiger partial charge in [-0.05, 0) is 68.1 Å². The normalized spacial score (nSPS) is 43.4. The lowest BCUT2D eigenvalue weighted by Gasteiger charge is -2.41. The van der Waals surface area contributed by atoms with E-state index in [1.54, 1.807) is 38.5 Å². The molecule has 0 aliphatic heterocycles. The monoisotopic (exact) mass is 206 g/mol. The van der Waals surface area contributed by atoms with E-state index in [0.29, 0.717) is 0 Å². The lowest BCUT2D eigenvalue weighted by atomic mass is 9.64. The second-order valence-electron chi connectivity index (χ2n) is 7.20. The van der Waals surface area contributed by atoms with Gasteiger partial charge in [-0.1, -0.05) is 26.2 Å². The summed E-state index contributed by atoms with van der Waals surface area (Å²) in [7, 11) is 0. The Balaban J connectivity index is 1.68. The maximum Gasteiger partial charge on any atom is -0.0289 e. The Morgan fingerprint density at radius 1 is 0.933 bits per heavy atom. The molecule has 0 aromatic rings. The molecule has 0 atom stereocenters. The van der Waals surface area contributed by atoms with Gasteiger partial charge in [-0.3, -0.25) is 0 Å². The Morgan fingerprint density at radius 3 is 2.13 bits per heavy atom. The van der Waals surface area contributed by atoms with Crippen molar-refractivity contribution in [2.24, 2.45) is 16.7 Å². The van der Waals surface area contributed by atoms with E-state index in [1.807, 2.05) is 0 Å². The molecule has 0 nitrogen and oxygen atoms in total. The van der Waals surface area contributed by atoms with Crippen molar-refractivity contribution in [3.63, 3.8) is 0 Å². The summed E-state index contributed by atoms with van der Waals surface area (Å²) in [6, 6.07) is 0. The van der Waals surface area contributed by atoms with Crippen LogP contribution in [0.15, 0.2) is 0 Å². The SMILES string of the molecule is CC1(CC23CCC(CC2)C3)CCCCC1. The van der Waals surface area contributed by atoms with Gasteiger partial charge in [-0.25, -0.2) is 0 Å². The van der Waals surface area contributed by atoms with Crippen LogP contribution in [0.2, 0.25) is 0 Å². The maximum atomic E-state index is 2.59. The van der Waals surface area contributed by atoms with Gasteiger partial charge in [0.2, 0.25) is 0 Å². The summed E-state index contributed by atoms with van der Waals surface area (Å²) in [6.45, 7) is 2.59. The summed E-state index contributed by atoms with van der Waals surface area (Å²) in [5, 5.41) is 0. The molecule has 0 unspecified atom stereocenters. The first-order valence-electron chi connectivity index (χ1n) is 7.20. The van der Waals surface area contributed by atoms with Crippen LogP contribution < -0.4 is 0 Å². The van der Waals surface area contributed by atoms with Gasteiger partial charge in [0.05, 0.1) is 0 Å². The third-order valence-corrected chi connectivity index (χ3v) is 5.75. The molecule has 0 amide bonds. The summed E-state index contributed by atoms with van der Waals surface area (Å²) in [5.74, 6) is 1.14. The zero-order chi connectivity index (χ0) is 10.4. The van der Waals surface area contributed by atoms with E-state index < -0.39 is 0 Å². The highest BCUT2D eigenvalue weighted by Crippen LogP contribution is 2.60. The second kappa shape index (κ2) is 3.50. The molecule has 0 heterocycles. The van der Waals surface area contributed by atoms with E-state index in [9.17, 15) is 0 Å². The van der Waals surface area contributed by atoms with Gasteiger partial charge in [0, 0.05) is 0 Å². The van der Waals surface area contributed by atoms with E-state index >= 15 is 0 Å². The third-order valence-electron chi connectivity index (χ3n) is 5.75. The number of hydrogen-bond acceptors (Lipinski definition) is 0. The highest BCUT2D eigenvalue weighted by molar-refractivity contribution is 4.99. The highest BCUT2D eigenvalue weighted by atomic mass is 14.5. The zero-order valence-corrected chi connectivity index (χ0v) is 10.4. The molecule has 3 aliphatic carbocycles. The molecule has 0 spiro atoms. The van der Waals surface area contributed by atoms with Crippen LogP contribution in [-0.4, -0.2) is 0 Å². The van der Waals surface area contributed by atoms with Crippen molar-refractivity contribution in [1.29, 1.82) is 0 Å². The fraction of sp³-hybridized carbons (Fsp3) is 1.00. The van der Waals surface area contributed by atoms with Crippen molar-refractivity contribution in [1.82, 2.24) is 0 Å². The molecule has 3 fully saturated rings. The Kier molecular flexibility index (Phi) is 2.37. The topological polar surface area (TPSA) is 0 Å². The lowest BCUT2D eigenvalue weighted by Crippen LogP contribution is -2.28. The largest absolute Gasteiger partial charge is 0.0596 e. The van der Waals surface area contributed by atoms with Crippen LogP contribution in [0.4, 0.5) is 0 Å². The van der Waals surface area contributed by atoms with Gasteiger partial charge in [-0.15, -0.1) is 0 Å². The van der Waals surface area contributed by atoms with Gasteiger partial charge < -0.3 is 0 Å². The van der Waals surface area contributed by atoms with E-state index in [-0.39, 0.29) is 0 Å². The quantitative estimate of drug-likeness (QED) is 0.601. The predicted octanol–water partition coefficient (Wildman–Crippen LogP) is 4.93. The maximum absolute atomic E-state index is 2.59. The van der Waals surface area contributed by atoms with E-state index in [0.717, 1.165) is 16.7 Å². The lowest BCUT2D eigenvalue weighted by molar-refractivity contribution is 0.106. The van der Waals surface area contributed by atoms with Crippen molar-refractivity contribution in [3.8, 4) is 0 Å². The minimum Gasteiger partial charge on any atom is -0.0596 e. The minimum absolute atomic E-state index is 0.734. The highest BCUT2D eigenvalue weighted by Gasteiger charge is 2.47. The molecule has 15 heavy (non-hydrogen) atoms. The molecule has 3 rings (SSSR count). The Labute approximate surface area is 94.8 Å². The molecular weight excluding hydrogens is 180 g/mol. The summed E-state index contributed by atoms with van der Waals surface area (Å²) in [6.07, 6.45) is 17.0. The van der Waals surface area contributed by atoms with Gasteiger partial charge in [0.1, 0.15) is 0 Å². The Bertz CT molecular complexity index is 226. The molecule has 0 aromatic heterocycles. The molecular formula is C15H26. The van der Waals surface area contributed by atoms with Crippen LogP contribution in [-0.2, 0) is 0 Å². The summed E-state index contributed by atoms with van der Waals surface area (Å²) < 4.78 is 0.